The molecule has 0 aromatic carbocycles. The number of aryl methyl sites for hydroxylation is 3. The van der Waals surface area contributed by atoms with E-state index in [0.29, 0.717) is 30.0 Å². The smallest absolute Gasteiger partial charge is 0.257 e. The first-order chi connectivity index (χ1) is 11.0. The summed E-state index contributed by atoms with van der Waals surface area (Å²) in [4.78, 5) is 14.5. The van der Waals surface area contributed by atoms with Gasteiger partial charge in [-0.1, -0.05) is 0 Å². The first kappa shape index (κ1) is 15.8. The number of furan rings is 1. The molecule has 2 aromatic heterocycles. The quantitative estimate of drug-likeness (QED) is 0.592. The van der Waals surface area contributed by atoms with Gasteiger partial charge in [-0.25, -0.2) is 0 Å². The zero-order valence-electron chi connectivity index (χ0n) is 13.2. The largest absolute Gasteiger partial charge is 0.466 e. The Morgan fingerprint density at radius 1 is 1.35 bits per heavy atom. The number of amides is 1. The third kappa shape index (κ3) is 3.03. The molecule has 2 aromatic rings. The molecule has 3 N–H and O–H groups in total. The maximum atomic E-state index is 12.7. The highest BCUT2D eigenvalue weighted by Crippen LogP contribution is 2.22. The molecule has 0 aliphatic carbocycles. The van der Waals surface area contributed by atoms with E-state index in [1.807, 2.05) is 17.0 Å². The fraction of sp³-hybridized carbons (Fsp3) is 0.438. The Balaban J connectivity index is 1.84. The van der Waals surface area contributed by atoms with Crippen LogP contribution in [0.25, 0.3) is 0 Å². The average molecular weight is 319 g/mol. The molecule has 0 bridgehead atoms. The third-order valence-corrected chi connectivity index (χ3v) is 4.18. The monoisotopic (exact) mass is 319 g/mol. The molecule has 1 amide bonds. The van der Waals surface area contributed by atoms with Gasteiger partial charge in [0.05, 0.1) is 12.1 Å². The normalized spacial score (nSPS) is 16.1. The highest BCUT2D eigenvalue weighted by Gasteiger charge is 2.24. The summed E-state index contributed by atoms with van der Waals surface area (Å²) in [5, 5.41) is 18.5. The minimum Gasteiger partial charge on any atom is -0.466 e. The van der Waals surface area contributed by atoms with Gasteiger partial charge in [-0.15, -0.1) is 0 Å². The molecule has 23 heavy (non-hydrogen) atoms. The molecular formula is C16H21N3O4. The number of rotatable bonds is 3. The number of fused-ring (bicyclic) bond motifs is 1. The van der Waals surface area contributed by atoms with Crippen LogP contribution in [0.5, 0.6) is 0 Å². The molecule has 0 radical (unpaired) electrons. The van der Waals surface area contributed by atoms with Crippen LogP contribution in [-0.4, -0.2) is 32.2 Å². The summed E-state index contributed by atoms with van der Waals surface area (Å²) >= 11 is 0. The number of nitrogens with one attached hydrogen (secondary N) is 1. The number of hydrogen-bond acceptors (Lipinski definition) is 5. The van der Waals surface area contributed by atoms with Crippen molar-refractivity contribution < 1.29 is 19.5 Å². The van der Waals surface area contributed by atoms with E-state index >= 15 is 0 Å². The van der Waals surface area contributed by atoms with E-state index in [1.165, 1.54) is 0 Å². The van der Waals surface area contributed by atoms with Gasteiger partial charge in [0, 0.05) is 30.5 Å². The zero-order valence-corrected chi connectivity index (χ0v) is 13.2. The van der Waals surface area contributed by atoms with E-state index in [1.54, 1.807) is 30.2 Å². The summed E-state index contributed by atoms with van der Waals surface area (Å²) in [6, 6.07) is 3.57. The van der Waals surface area contributed by atoms with Crippen LogP contribution in [0.1, 0.15) is 45.8 Å². The number of hydrogen-bond donors (Lipinski definition) is 3. The van der Waals surface area contributed by atoms with Gasteiger partial charge in [-0.3, -0.25) is 4.79 Å². The maximum Gasteiger partial charge on any atom is 0.257 e. The molecule has 0 saturated carbocycles. The van der Waals surface area contributed by atoms with Gasteiger partial charge in [0.25, 0.3) is 5.91 Å². The Hall–Kier alpha value is -2.09. The minimum atomic E-state index is -1.13. The number of aliphatic hydroxyl groups excluding tert-OH is 1. The van der Waals surface area contributed by atoms with Crippen LogP contribution in [0.2, 0.25) is 0 Å². The highest BCUT2D eigenvalue weighted by molar-refractivity contribution is 5.95. The lowest BCUT2D eigenvalue weighted by molar-refractivity contribution is 0.000663. The van der Waals surface area contributed by atoms with Crippen LogP contribution in [0.15, 0.2) is 22.7 Å². The second-order valence-electron chi connectivity index (χ2n) is 5.90. The van der Waals surface area contributed by atoms with E-state index in [2.05, 4.69) is 0 Å². The zero-order chi connectivity index (χ0) is 16.6. The van der Waals surface area contributed by atoms with Gasteiger partial charge >= 0.3 is 0 Å². The molecule has 3 heterocycles. The van der Waals surface area contributed by atoms with Crippen molar-refractivity contribution in [3.05, 3.63) is 46.7 Å². The molecule has 7 nitrogen and oxygen atoms in total. The molecule has 1 aliphatic heterocycles. The van der Waals surface area contributed by atoms with Crippen molar-refractivity contribution in [1.82, 2.24) is 14.9 Å². The van der Waals surface area contributed by atoms with Gasteiger partial charge in [-0.05, 0) is 32.4 Å². The van der Waals surface area contributed by atoms with Crippen molar-refractivity contribution in [2.45, 2.75) is 39.6 Å². The van der Waals surface area contributed by atoms with Crippen molar-refractivity contribution in [1.29, 1.82) is 0 Å². The summed E-state index contributed by atoms with van der Waals surface area (Å²) in [6.07, 6.45) is 1.49. The maximum absolute atomic E-state index is 12.7. The van der Waals surface area contributed by atoms with E-state index < -0.39 is 6.23 Å². The summed E-state index contributed by atoms with van der Waals surface area (Å²) in [6.45, 7) is 5.51. The molecule has 1 atom stereocenters. The van der Waals surface area contributed by atoms with Crippen LogP contribution in [0.3, 0.4) is 0 Å². The third-order valence-electron chi connectivity index (χ3n) is 4.18. The van der Waals surface area contributed by atoms with E-state index in [9.17, 15) is 9.90 Å². The van der Waals surface area contributed by atoms with Crippen molar-refractivity contribution >= 4 is 5.91 Å². The summed E-state index contributed by atoms with van der Waals surface area (Å²) in [7, 11) is 0. The number of carbonyl (C=O) groups excluding carboxylic acids is 1. The first-order valence-electron chi connectivity index (χ1n) is 7.62. The Labute approximate surface area is 134 Å². The number of aliphatic hydroxyl groups is 1. The number of carbonyl (C=O) groups is 1. The van der Waals surface area contributed by atoms with Gasteiger partial charge < -0.3 is 24.2 Å². The Bertz CT molecular complexity index is 719. The Kier molecular flexibility index (Phi) is 4.25. The van der Waals surface area contributed by atoms with E-state index in [-0.39, 0.29) is 5.91 Å². The minimum absolute atomic E-state index is 0.0450. The second kappa shape index (κ2) is 6.19. The van der Waals surface area contributed by atoms with Crippen LogP contribution in [0.4, 0.5) is 0 Å². The van der Waals surface area contributed by atoms with E-state index in [4.69, 9.17) is 9.62 Å². The van der Waals surface area contributed by atoms with Crippen molar-refractivity contribution in [3.63, 3.8) is 0 Å². The predicted molar refractivity (Wildman–Crippen MR) is 81.9 cm³/mol. The van der Waals surface area contributed by atoms with E-state index in [0.717, 1.165) is 24.4 Å². The lowest BCUT2D eigenvalue weighted by Gasteiger charge is -2.19. The number of aromatic nitrogens is 1. The summed E-state index contributed by atoms with van der Waals surface area (Å²) in [5.74, 6) is 1.31. The molecule has 124 valence electrons. The topological polar surface area (TPSA) is 90.9 Å². The fourth-order valence-corrected chi connectivity index (χ4v) is 3.04. The van der Waals surface area contributed by atoms with Crippen LogP contribution >= 0.6 is 0 Å². The number of nitrogens with zero attached hydrogens (tertiary/aromatic N) is 2. The van der Waals surface area contributed by atoms with Crippen molar-refractivity contribution in [3.8, 4) is 0 Å². The lowest BCUT2D eigenvalue weighted by atomic mass is 10.2. The highest BCUT2D eigenvalue weighted by atomic mass is 16.5. The summed E-state index contributed by atoms with van der Waals surface area (Å²) in [5.41, 5.74) is 3.93. The SMILES string of the molecule is Cc1cc(C(=O)N2CCCn3cc(C(O)NO)cc3C2)c(C)o1. The molecule has 1 aliphatic rings. The summed E-state index contributed by atoms with van der Waals surface area (Å²) < 4.78 is 7.47. The van der Waals surface area contributed by atoms with Gasteiger partial charge in [0.2, 0.25) is 0 Å². The first-order valence-corrected chi connectivity index (χ1v) is 7.62. The standard InChI is InChI=1S/C16H21N3O4/c1-10-6-14(11(2)23-10)16(21)19-5-3-4-18-8-12(15(20)17-22)7-13(18)9-19/h6-8,15,17,20,22H,3-5,9H2,1-2H3. The van der Waals surface area contributed by atoms with Crippen LogP contribution < -0.4 is 5.48 Å². The van der Waals surface area contributed by atoms with Crippen LogP contribution in [-0.2, 0) is 13.1 Å². The Morgan fingerprint density at radius 3 is 2.78 bits per heavy atom. The van der Waals surface area contributed by atoms with Crippen molar-refractivity contribution in [2.24, 2.45) is 0 Å². The predicted octanol–water partition coefficient (Wildman–Crippen LogP) is 1.71. The molecule has 1 unspecified atom stereocenters. The fourth-order valence-electron chi connectivity index (χ4n) is 3.04. The molecule has 0 spiro atoms. The molecule has 0 fully saturated rings. The molecule has 7 heteroatoms. The molecule has 3 rings (SSSR count). The number of hydroxylamine groups is 1. The average Bonchev–Trinajstić information content (AvgIpc) is 3.01. The van der Waals surface area contributed by atoms with Crippen molar-refractivity contribution in [2.75, 3.05) is 6.54 Å². The Morgan fingerprint density at radius 2 is 2.13 bits per heavy atom. The second-order valence-corrected chi connectivity index (χ2v) is 5.90. The molecule has 0 saturated heterocycles. The van der Waals surface area contributed by atoms with Gasteiger partial charge in [0.1, 0.15) is 11.5 Å². The molecular weight excluding hydrogens is 298 g/mol. The van der Waals surface area contributed by atoms with Gasteiger partial charge in [0.15, 0.2) is 6.23 Å². The lowest BCUT2D eigenvalue weighted by Crippen LogP contribution is -2.30. The van der Waals surface area contributed by atoms with Crippen LogP contribution in [0, 0.1) is 13.8 Å². The van der Waals surface area contributed by atoms with Gasteiger partial charge in [-0.2, -0.15) is 5.48 Å².